The number of thioether (sulfide) groups is 1. The van der Waals surface area contributed by atoms with Crippen LogP contribution in [0.4, 0.5) is 0 Å². The molecule has 27 heavy (non-hydrogen) atoms. The summed E-state index contributed by atoms with van der Waals surface area (Å²) in [5.41, 5.74) is -0.109. The van der Waals surface area contributed by atoms with Gasteiger partial charge in [0.25, 0.3) is 5.91 Å². The van der Waals surface area contributed by atoms with Crippen molar-refractivity contribution in [2.45, 2.75) is 17.3 Å². The van der Waals surface area contributed by atoms with Crippen LogP contribution in [0.15, 0.2) is 35.0 Å². The second-order valence-electron chi connectivity index (χ2n) is 5.78. The van der Waals surface area contributed by atoms with Crippen molar-refractivity contribution < 1.29 is 29.4 Å². The SMILES string of the molecule is O=C(O)C1=C(Cl)CS[C@@H]2C(NC(=O)C(C(=O)O)c3ccc(Cl)cc3)C(=O)N12. The Morgan fingerprint density at radius 2 is 1.81 bits per heavy atom. The minimum Gasteiger partial charge on any atom is -0.480 e. The molecule has 11 heteroatoms. The molecule has 2 unspecified atom stereocenters. The zero-order valence-electron chi connectivity index (χ0n) is 13.4. The maximum atomic E-state index is 12.5. The normalized spacial score (nSPS) is 22.6. The lowest BCUT2D eigenvalue weighted by Gasteiger charge is -2.48. The van der Waals surface area contributed by atoms with Gasteiger partial charge in [0.15, 0.2) is 5.92 Å². The van der Waals surface area contributed by atoms with Crippen LogP contribution in [0.5, 0.6) is 0 Å². The molecule has 0 radical (unpaired) electrons. The summed E-state index contributed by atoms with van der Waals surface area (Å²) in [6.07, 6.45) is 0. The molecule has 1 aromatic rings. The van der Waals surface area contributed by atoms with E-state index >= 15 is 0 Å². The molecule has 2 amide bonds. The summed E-state index contributed by atoms with van der Waals surface area (Å²) in [5, 5.41) is 20.8. The quantitative estimate of drug-likeness (QED) is 0.476. The van der Waals surface area contributed by atoms with Crippen LogP contribution < -0.4 is 5.32 Å². The molecule has 1 aromatic carbocycles. The van der Waals surface area contributed by atoms with E-state index in [-0.39, 0.29) is 22.0 Å². The molecule has 0 saturated carbocycles. The van der Waals surface area contributed by atoms with E-state index in [4.69, 9.17) is 23.2 Å². The standard InChI is InChI=1S/C16H12Cl2N2O6S/c17-7-3-1-6(2-4-7)9(15(23)24)12(21)19-10-13(22)20-11(16(25)26)8(18)5-27-14(10)20/h1-4,9-10,14H,5H2,(H,19,21)(H,23,24)(H,25,26)/t9?,10?,14-/m1/s1. The van der Waals surface area contributed by atoms with Crippen molar-refractivity contribution >= 4 is 58.7 Å². The Morgan fingerprint density at radius 3 is 2.37 bits per heavy atom. The average molecular weight is 431 g/mol. The smallest absolute Gasteiger partial charge is 0.353 e. The predicted molar refractivity (Wildman–Crippen MR) is 97.4 cm³/mol. The van der Waals surface area contributed by atoms with Crippen LogP contribution in [-0.2, 0) is 19.2 Å². The van der Waals surface area contributed by atoms with E-state index in [1.54, 1.807) is 0 Å². The molecule has 1 fully saturated rings. The number of carboxylic acid groups (broad SMARTS) is 2. The van der Waals surface area contributed by atoms with E-state index in [9.17, 15) is 29.4 Å². The number of aliphatic carboxylic acids is 2. The van der Waals surface area contributed by atoms with Gasteiger partial charge in [-0.3, -0.25) is 19.3 Å². The van der Waals surface area contributed by atoms with Gasteiger partial charge in [-0.05, 0) is 17.7 Å². The van der Waals surface area contributed by atoms with Gasteiger partial charge < -0.3 is 15.5 Å². The minimum absolute atomic E-state index is 0.0338. The fourth-order valence-electron chi connectivity index (χ4n) is 2.88. The van der Waals surface area contributed by atoms with Crippen LogP contribution in [0.25, 0.3) is 0 Å². The average Bonchev–Trinajstić information content (AvgIpc) is 2.60. The van der Waals surface area contributed by atoms with Crippen LogP contribution in [0.3, 0.4) is 0 Å². The first-order valence-electron chi connectivity index (χ1n) is 7.57. The van der Waals surface area contributed by atoms with Crippen molar-refractivity contribution in [3.63, 3.8) is 0 Å². The van der Waals surface area contributed by atoms with Crippen LogP contribution >= 0.6 is 35.0 Å². The number of amides is 2. The molecule has 2 aliphatic heterocycles. The van der Waals surface area contributed by atoms with Crippen LogP contribution in [0, 0.1) is 0 Å². The highest BCUT2D eigenvalue weighted by atomic mass is 35.5. The second kappa shape index (κ2) is 7.41. The second-order valence-corrected chi connectivity index (χ2v) is 7.78. The molecular formula is C16H12Cl2N2O6S. The third kappa shape index (κ3) is 3.50. The Balaban J connectivity index is 1.78. The van der Waals surface area contributed by atoms with Crippen molar-refractivity contribution in [2.24, 2.45) is 0 Å². The molecular weight excluding hydrogens is 419 g/mol. The molecule has 0 aliphatic carbocycles. The van der Waals surface area contributed by atoms with Crippen LogP contribution in [0.2, 0.25) is 5.02 Å². The van der Waals surface area contributed by atoms with Crippen LogP contribution in [0.1, 0.15) is 11.5 Å². The lowest BCUT2D eigenvalue weighted by atomic mass is 9.96. The third-order valence-electron chi connectivity index (χ3n) is 4.13. The molecule has 8 nitrogen and oxygen atoms in total. The fraction of sp³-hybridized carbons (Fsp3) is 0.250. The number of benzene rings is 1. The number of hydrogen-bond acceptors (Lipinski definition) is 5. The maximum Gasteiger partial charge on any atom is 0.353 e. The van der Waals surface area contributed by atoms with Gasteiger partial charge in [-0.15, -0.1) is 11.8 Å². The zero-order chi connectivity index (χ0) is 19.9. The van der Waals surface area contributed by atoms with Crippen molar-refractivity contribution in [3.8, 4) is 0 Å². The highest BCUT2D eigenvalue weighted by Gasteiger charge is 2.54. The molecule has 0 bridgehead atoms. The number of nitrogens with zero attached hydrogens (tertiary/aromatic N) is 1. The number of nitrogens with one attached hydrogen (secondary N) is 1. The highest BCUT2D eigenvalue weighted by Crippen LogP contribution is 2.41. The van der Waals surface area contributed by atoms with Crippen molar-refractivity contribution in [2.75, 3.05) is 5.75 Å². The molecule has 0 spiro atoms. The van der Waals surface area contributed by atoms with Crippen molar-refractivity contribution in [3.05, 3.63) is 45.6 Å². The molecule has 142 valence electrons. The van der Waals surface area contributed by atoms with Gasteiger partial charge in [-0.1, -0.05) is 35.3 Å². The molecule has 3 rings (SSSR count). The van der Waals surface area contributed by atoms with Gasteiger partial charge in [0.05, 0.1) is 5.03 Å². The lowest BCUT2D eigenvalue weighted by Crippen LogP contribution is -2.70. The monoisotopic (exact) mass is 430 g/mol. The lowest BCUT2D eigenvalue weighted by molar-refractivity contribution is -0.152. The Hall–Kier alpha value is -2.23. The first-order valence-corrected chi connectivity index (χ1v) is 9.38. The van der Waals surface area contributed by atoms with E-state index < -0.39 is 41.1 Å². The number of rotatable bonds is 5. The summed E-state index contributed by atoms with van der Waals surface area (Å²) in [6.45, 7) is 0. The van der Waals surface area contributed by atoms with Gasteiger partial charge in [-0.25, -0.2) is 4.79 Å². The van der Waals surface area contributed by atoms with Gasteiger partial charge in [0.2, 0.25) is 5.91 Å². The third-order valence-corrected chi connectivity index (χ3v) is 6.14. The van der Waals surface area contributed by atoms with E-state index in [0.717, 1.165) is 4.90 Å². The summed E-state index contributed by atoms with van der Waals surface area (Å²) >= 11 is 12.8. The number of carbonyl (C=O) groups excluding carboxylic acids is 2. The first-order chi connectivity index (χ1) is 12.7. The van der Waals surface area contributed by atoms with E-state index in [0.29, 0.717) is 5.02 Å². The maximum absolute atomic E-state index is 12.5. The van der Waals surface area contributed by atoms with Gasteiger partial charge >= 0.3 is 11.9 Å². The topological polar surface area (TPSA) is 124 Å². The Morgan fingerprint density at radius 1 is 1.19 bits per heavy atom. The number of carbonyl (C=O) groups is 4. The fourth-order valence-corrected chi connectivity index (χ4v) is 4.56. The summed E-state index contributed by atoms with van der Waals surface area (Å²) in [6, 6.07) is 4.71. The molecule has 3 atom stereocenters. The number of carboxylic acids is 2. The zero-order valence-corrected chi connectivity index (χ0v) is 15.7. The number of halogens is 2. The first kappa shape index (κ1) is 19.5. The number of fused-ring (bicyclic) bond motifs is 1. The molecule has 2 heterocycles. The Kier molecular flexibility index (Phi) is 5.36. The van der Waals surface area contributed by atoms with E-state index in [2.05, 4.69) is 5.32 Å². The molecule has 1 saturated heterocycles. The summed E-state index contributed by atoms with van der Waals surface area (Å²) in [7, 11) is 0. The van der Waals surface area contributed by atoms with Crippen molar-refractivity contribution in [1.29, 1.82) is 0 Å². The Bertz CT molecular complexity index is 872. The summed E-state index contributed by atoms with van der Waals surface area (Å²) in [4.78, 5) is 48.7. The molecule has 2 aliphatic rings. The van der Waals surface area contributed by atoms with Crippen LogP contribution in [-0.4, -0.2) is 56.0 Å². The Labute approximate surface area is 167 Å². The van der Waals surface area contributed by atoms with Gasteiger partial charge in [0, 0.05) is 10.8 Å². The van der Waals surface area contributed by atoms with Gasteiger partial charge in [-0.2, -0.15) is 0 Å². The number of hydrogen-bond donors (Lipinski definition) is 3. The molecule has 3 N–H and O–H groups in total. The largest absolute Gasteiger partial charge is 0.480 e. The van der Waals surface area contributed by atoms with E-state index in [1.165, 1.54) is 36.0 Å². The van der Waals surface area contributed by atoms with E-state index in [1.807, 2.05) is 0 Å². The number of β-lactam (4-membered cyclic amide) rings is 1. The predicted octanol–water partition coefficient (Wildman–Crippen LogP) is 1.44. The molecule has 0 aromatic heterocycles. The van der Waals surface area contributed by atoms with Gasteiger partial charge in [0.1, 0.15) is 17.1 Å². The summed E-state index contributed by atoms with van der Waals surface area (Å²) < 4.78 is 0. The summed E-state index contributed by atoms with van der Waals surface area (Å²) in [5.74, 6) is -5.62. The minimum atomic E-state index is -1.53. The van der Waals surface area contributed by atoms with Crippen molar-refractivity contribution in [1.82, 2.24) is 10.2 Å². The highest BCUT2D eigenvalue weighted by molar-refractivity contribution is 8.00.